The van der Waals surface area contributed by atoms with E-state index in [1.54, 1.807) is 0 Å². The van der Waals surface area contributed by atoms with E-state index in [0.29, 0.717) is 55.4 Å². The standard InChI is InChI=1S/C30H33ClF2N6O2/c1-18(32)28(40)39-15-14-38(16-20(39)9-12-34)27-22-8-11-30(10-7-21-23(30)5-2-6-24(21)31)26(33)25(22)36-29(37-27)41-17-19-4-3-13-35-19/h2,5-6,19-20,26,35H,1,3-4,7-11,13-17H2/t19-,20-,26?,30+/m0/s1. The third-order valence-corrected chi connectivity index (χ3v) is 9.55. The Morgan fingerprint density at radius 1 is 1.27 bits per heavy atom. The second-order valence-electron chi connectivity index (χ2n) is 11.4. The molecular formula is C30H33ClF2N6O2. The summed E-state index contributed by atoms with van der Waals surface area (Å²) in [4.78, 5) is 25.2. The highest BCUT2D eigenvalue weighted by atomic mass is 35.5. The second-order valence-corrected chi connectivity index (χ2v) is 11.9. The average Bonchev–Trinajstić information content (AvgIpc) is 3.63. The molecule has 2 aromatic rings. The van der Waals surface area contributed by atoms with E-state index in [9.17, 15) is 14.4 Å². The van der Waals surface area contributed by atoms with Crippen LogP contribution >= 0.6 is 11.6 Å². The molecule has 0 bridgehead atoms. The predicted molar refractivity (Wildman–Crippen MR) is 150 cm³/mol. The molecule has 1 aromatic carbocycles. The van der Waals surface area contributed by atoms with Crippen molar-refractivity contribution < 1.29 is 18.3 Å². The number of rotatable bonds is 6. The first-order chi connectivity index (χ1) is 19.8. The average molecular weight is 583 g/mol. The molecule has 1 unspecified atom stereocenters. The highest BCUT2D eigenvalue weighted by Crippen LogP contribution is 2.56. The van der Waals surface area contributed by atoms with Gasteiger partial charge in [-0.25, -0.2) is 8.78 Å². The number of hydrogen-bond acceptors (Lipinski definition) is 7. The van der Waals surface area contributed by atoms with Crippen molar-refractivity contribution in [1.82, 2.24) is 20.2 Å². The molecule has 0 saturated carbocycles. The number of nitrogens with one attached hydrogen (secondary N) is 1. The minimum atomic E-state index is -1.38. The zero-order valence-corrected chi connectivity index (χ0v) is 23.6. The van der Waals surface area contributed by atoms with Crippen molar-refractivity contribution in [2.24, 2.45) is 0 Å². The van der Waals surface area contributed by atoms with Gasteiger partial charge in [-0.3, -0.25) is 4.79 Å². The van der Waals surface area contributed by atoms with Crippen molar-refractivity contribution in [2.45, 2.75) is 68.6 Å². The SMILES string of the molecule is C=C(F)C(=O)N1CCN(c2nc(OC[C@@H]3CCCN3)nc3c2CC[C@@]2(CCc4c(Cl)cccc42)C3F)C[C@@H]1CC#N. The number of alkyl halides is 1. The molecule has 11 heteroatoms. The van der Waals surface area contributed by atoms with Crippen molar-refractivity contribution in [2.75, 3.05) is 37.7 Å². The summed E-state index contributed by atoms with van der Waals surface area (Å²) in [6, 6.07) is 7.56. The van der Waals surface area contributed by atoms with Crippen LogP contribution in [0.25, 0.3) is 0 Å². The van der Waals surface area contributed by atoms with Gasteiger partial charge in [0.1, 0.15) is 12.4 Å². The number of nitriles is 1. The van der Waals surface area contributed by atoms with Gasteiger partial charge in [-0.15, -0.1) is 0 Å². The molecule has 216 valence electrons. The van der Waals surface area contributed by atoms with Gasteiger partial charge in [0.2, 0.25) is 0 Å². The highest BCUT2D eigenvalue weighted by Gasteiger charge is 2.51. The fourth-order valence-electron chi connectivity index (χ4n) is 7.09. The second kappa shape index (κ2) is 11.2. The summed E-state index contributed by atoms with van der Waals surface area (Å²) < 4.78 is 36.7. The van der Waals surface area contributed by atoms with E-state index in [1.165, 1.54) is 4.90 Å². The lowest BCUT2D eigenvalue weighted by atomic mass is 9.68. The van der Waals surface area contributed by atoms with Gasteiger partial charge in [0.15, 0.2) is 12.0 Å². The Morgan fingerprint density at radius 3 is 2.80 bits per heavy atom. The van der Waals surface area contributed by atoms with Gasteiger partial charge in [-0.05, 0) is 62.3 Å². The van der Waals surface area contributed by atoms with Crippen LogP contribution in [0.15, 0.2) is 30.6 Å². The van der Waals surface area contributed by atoms with Crippen LogP contribution in [0.5, 0.6) is 6.01 Å². The number of anilines is 1. The third kappa shape index (κ3) is 4.93. The van der Waals surface area contributed by atoms with Crippen molar-refractivity contribution in [3.8, 4) is 12.1 Å². The number of halogens is 3. The van der Waals surface area contributed by atoms with Crippen molar-refractivity contribution >= 4 is 23.3 Å². The number of hydrogen-bond donors (Lipinski definition) is 1. The number of piperazine rings is 1. The molecule has 1 N–H and O–H groups in total. The Morgan fingerprint density at radius 2 is 2.07 bits per heavy atom. The van der Waals surface area contributed by atoms with Crippen LogP contribution in [0, 0.1) is 11.3 Å². The number of amides is 1. The fraction of sp³-hybridized carbons (Fsp3) is 0.533. The van der Waals surface area contributed by atoms with Crippen LogP contribution in [0.2, 0.25) is 5.02 Å². The van der Waals surface area contributed by atoms with Gasteiger partial charge >= 0.3 is 6.01 Å². The minimum Gasteiger partial charge on any atom is -0.462 e. The molecule has 2 saturated heterocycles. The number of carbonyl (C=O) groups excluding carboxylic acids is 1. The number of ether oxygens (including phenoxy) is 1. The first kappa shape index (κ1) is 27.9. The van der Waals surface area contributed by atoms with E-state index in [4.69, 9.17) is 21.3 Å². The first-order valence-corrected chi connectivity index (χ1v) is 14.7. The molecule has 41 heavy (non-hydrogen) atoms. The van der Waals surface area contributed by atoms with Gasteiger partial charge in [-0.1, -0.05) is 30.3 Å². The van der Waals surface area contributed by atoms with Crippen LogP contribution in [0.1, 0.15) is 60.7 Å². The Labute approximate surface area is 243 Å². The number of benzene rings is 1. The lowest BCUT2D eigenvalue weighted by Crippen LogP contribution is -2.55. The zero-order chi connectivity index (χ0) is 28.7. The zero-order valence-electron chi connectivity index (χ0n) is 22.8. The maximum absolute atomic E-state index is 16.9. The molecule has 1 spiro atoms. The molecule has 2 fully saturated rings. The van der Waals surface area contributed by atoms with Gasteiger partial charge in [0, 0.05) is 41.7 Å². The van der Waals surface area contributed by atoms with Crippen LogP contribution in [-0.2, 0) is 23.1 Å². The van der Waals surface area contributed by atoms with E-state index in [2.05, 4.69) is 22.9 Å². The van der Waals surface area contributed by atoms with Gasteiger partial charge in [-0.2, -0.15) is 15.2 Å². The predicted octanol–water partition coefficient (Wildman–Crippen LogP) is 4.52. The van der Waals surface area contributed by atoms with Crippen LogP contribution in [0.3, 0.4) is 0 Å². The maximum Gasteiger partial charge on any atom is 0.318 e. The third-order valence-electron chi connectivity index (χ3n) is 9.20. The molecule has 0 radical (unpaired) electrons. The Balaban J connectivity index is 1.37. The number of fused-ring (bicyclic) bond motifs is 3. The normalized spacial score (nSPS) is 26.9. The first-order valence-electron chi connectivity index (χ1n) is 14.3. The van der Waals surface area contributed by atoms with E-state index in [-0.39, 0.29) is 31.6 Å². The summed E-state index contributed by atoms with van der Waals surface area (Å²) >= 11 is 6.51. The molecule has 3 heterocycles. The Kier molecular flexibility index (Phi) is 7.60. The topological polar surface area (TPSA) is 94.4 Å². The molecule has 1 aromatic heterocycles. The van der Waals surface area contributed by atoms with E-state index >= 15 is 4.39 Å². The summed E-state index contributed by atoms with van der Waals surface area (Å²) in [5, 5.41) is 13.5. The van der Waals surface area contributed by atoms with Gasteiger partial charge in [0.05, 0.1) is 24.2 Å². The number of carbonyl (C=O) groups is 1. The monoisotopic (exact) mass is 582 g/mol. The van der Waals surface area contributed by atoms with Crippen molar-refractivity contribution in [3.63, 3.8) is 0 Å². The molecule has 6 rings (SSSR count). The lowest BCUT2D eigenvalue weighted by Gasteiger charge is -2.43. The molecule has 2 aliphatic carbocycles. The summed E-state index contributed by atoms with van der Waals surface area (Å²) in [6.07, 6.45) is 3.19. The minimum absolute atomic E-state index is 0.0197. The summed E-state index contributed by atoms with van der Waals surface area (Å²) in [6.45, 7) is 5.22. The molecule has 4 aliphatic rings. The van der Waals surface area contributed by atoms with Crippen molar-refractivity contribution in [3.05, 3.63) is 58.0 Å². The quantitative estimate of drug-likeness (QED) is 0.501. The van der Waals surface area contributed by atoms with Crippen LogP contribution in [-0.4, -0.2) is 65.6 Å². The summed E-state index contributed by atoms with van der Waals surface area (Å²) in [5.74, 6) is -1.31. The smallest absolute Gasteiger partial charge is 0.318 e. The number of aromatic nitrogens is 2. The van der Waals surface area contributed by atoms with Crippen molar-refractivity contribution in [1.29, 1.82) is 5.26 Å². The largest absolute Gasteiger partial charge is 0.462 e. The van der Waals surface area contributed by atoms with E-state index in [0.717, 1.165) is 36.1 Å². The summed E-state index contributed by atoms with van der Waals surface area (Å²) in [7, 11) is 0. The lowest BCUT2D eigenvalue weighted by molar-refractivity contribution is -0.131. The summed E-state index contributed by atoms with van der Waals surface area (Å²) in [5.41, 5.74) is 2.28. The maximum atomic E-state index is 16.9. The Hall–Kier alpha value is -3.29. The molecular weight excluding hydrogens is 550 g/mol. The fourth-order valence-corrected chi connectivity index (χ4v) is 7.36. The van der Waals surface area contributed by atoms with E-state index in [1.807, 2.05) is 23.1 Å². The highest BCUT2D eigenvalue weighted by molar-refractivity contribution is 6.31. The van der Waals surface area contributed by atoms with Gasteiger partial charge in [0.25, 0.3) is 5.91 Å². The molecule has 2 aliphatic heterocycles. The van der Waals surface area contributed by atoms with Crippen LogP contribution in [0.4, 0.5) is 14.6 Å². The van der Waals surface area contributed by atoms with Gasteiger partial charge < -0.3 is 19.9 Å². The molecule has 4 atom stereocenters. The van der Waals surface area contributed by atoms with E-state index < -0.39 is 29.4 Å². The number of nitrogens with zero attached hydrogens (tertiary/aromatic N) is 5. The Bertz CT molecular complexity index is 1410. The molecule has 8 nitrogen and oxygen atoms in total. The molecule has 1 amide bonds. The van der Waals surface area contributed by atoms with Crippen LogP contribution < -0.4 is 15.0 Å².